The number of hydrogen-bond donors (Lipinski definition) is 3. The third kappa shape index (κ3) is 5.18. The van der Waals surface area contributed by atoms with Crippen molar-refractivity contribution < 1.29 is 8.42 Å². The Morgan fingerprint density at radius 1 is 1.22 bits per heavy atom. The predicted molar refractivity (Wildman–Crippen MR) is 97.1 cm³/mol. The van der Waals surface area contributed by atoms with E-state index in [1.54, 1.807) is 18.2 Å². The van der Waals surface area contributed by atoms with Crippen LogP contribution in [0, 0.1) is 6.92 Å². The summed E-state index contributed by atoms with van der Waals surface area (Å²) < 4.78 is 22.4. The molecule has 0 saturated carbocycles. The number of hydrogen-bond acceptors (Lipinski definition) is 3. The van der Waals surface area contributed by atoms with Crippen molar-refractivity contribution in [3.05, 3.63) is 58.6 Å². The molecule has 4 N–H and O–H groups in total. The predicted octanol–water partition coefficient (Wildman–Crippen LogP) is 2.78. The van der Waals surface area contributed by atoms with E-state index in [0.717, 1.165) is 16.8 Å². The molecular formula is C15H16ClN3O2S2. The highest BCUT2D eigenvalue weighted by atomic mass is 35.5. The van der Waals surface area contributed by atoms with Crippen LogP contribution in [0.5, 0.6) is 0 Å². The van der Waals surface area contributed by atoms with Gasteiger partial charge in [0.15, 0.2) is 5.11 Å². The van der Waals surface area contributed by atoms with E-state index in [9.17, 15) is 8.42 Å². The maximum atomic E-state index is 11.2. The lowest BCUT2D eigenvalue weighted by atomic mass is 10.2. The van der Waals surface area contributed by atoms with Gasteiger partial charge in [-0.25, -0.2) is 13.6 Å². The molecule has 0 aliphatic carbocycles. The van der Waals surface area contributed by atoms with Crippen LogP contribution in [-0.4, -0.2) is 13.5 Å². The maximum absolute atomic E-state index is 11.2. The first-order valence-electron chi connectivity index (χ1n) is 6.68. The van der Waals surface area contributed by atoms with Gasteiger partial charge in [-0.2, -0.15) is 0 Å². The van der Waals surface area contributed by atoms with E-state index in [0.29, 0.717) is 16.7 Å². The van der Waals surface area contributed by atoms with Gasteiger partial charge in [0, 0.05) is 17.3 Å². The van der Waals surface area contributed by atoms with E-state index in [1.807, 2.05) is 19.1 Å². The molecular weight excluding hydrogens is 354 g/mol. The minimum atomic E-state index is -3.67. The largest absolute Gasteiger partial charge is 0.358 e. The molecule has 0 aliphatic heterocycles. The third-order valence-electron chi connectivity index (χ3n) is 3.15. The first-order valence-corrected chi connectivity index (χ1v) is 9.02. The minimum Gasteiger partial charge on any atom is -0.358 e. The quantitative estimate of drug-likeness (QED) is 0.722. The summed E-state index contributed by atoms with van der Waals surface area (Å²) in [5, 5.41) is 12.3. The van der Waals surface area contributed by atoms with Crippen LogP contribution in [0.2, 0.25) is 5.02 Å². The molecule has 2 aromatic rings. The van der Waals surface area contributed by atoms with Crippen molar-refractivity contribution in [1.82, 2.24) is 5.32 Å². The number of sulfonamides is 1. The highest BCUT2D eigenvalue weighted by Crippen LogP contribution is 2.20. The van der Waals surface area contributed by atoms with Gasteiger partial charge in [0.05, 0.1) is 4.90 Å². The molecule has 2 aromatic carbocycles. The van der Waals surface area contributed by atoms with Gasteiger partial charge in [-0.3, -0.25) is 0 Å². The van der Waals surface area contributed by atoms with Crippen LogP contribution < -0.4 is 15.8 Å². The summed E-state index contributed by atoms with van der Waals surface area (Å²) in [5.41, 5.74) is 2.74. The van der Waals surface area contributed by atoms with Crippen LogP contribution in [0.3, 0.4) is 0 Å². The van der Waals surface area contributed by atoms with E-state index in [2.05, 4.69) is 10.6 Å². The topological polar surface area (TPSA) is 84.2 Å². The van der Waals surface area contributed by atoms with Crippen LogP contribution in [0.15, 0.2) is 47.4 Å². The summed E-state index contributed by atoms with van der Waals surface area (Å²) in [6, 6.07) is 11.8. The van der Waals surface area contributed by atoms with Gasteiger partial charge in [0.2, 0.25) is 10.0 Å². The molecule has 0 unspecified atom stereocenters. The number of nitrogens with two attached hydrogens (primary N) is 1. The number of anilines is 1. The zero-order valence-corrected chi connectivity index (χ0v) is 14.7. The Labute approximate surface area is 145 Å². The monoisotopic (exact) mass is 369 g/mol. The van der Waals surface area contributed by atoms with Crippen molar-refractivity contribution in [3.63, 3.8) is 0 Å². The molecule has 0 aromatic heterocycles. The Hall–Kier alpha value is -1.67. The SMILES string of the molecule is Cc1ccc(Cl)cc1NC(=S)NCc1ccc(S(N)(=O)=O)cc1. The van der Waals surface area contributed by atoms with E-state index < -0.39 is 10.0 Å². The first kappa shape index (κ1) is 17.7. The fraction of sp³-hybridized carbons (Fsp3) is 0.133. The van der Waals surface area contributed by atoms with Gasteiger partial charge in [-0.1, -0.05) is 29.8 Å². The molecule has 23 heavy (non-hydrogen) atoms. The molecule has 0 amide bonds. The van der Waals surface area contributed by atoms with Crippen molar-refractivity contribution in [1.29, 1.82) is 0 Å². The number of halogens is 1. The molecule has 122 valence electrons. The molecule has 0 bridgehead atoms. The molecule has 0 radical (unpaired) electrons. The number of rotatable bonds is 4. The third-order valence-corrected chi connectivity index (χ3v) is 4.56. The van der Waals surface area contributed by atoms with Crippen molar-refractivity contribution in [2.75, 3.05) is 5.32 Å². The maximum Gasteiger partial charge on any atom is 0.238 e. The average molecular weight is 370 g/mol. The Morgan fingerprint density at radius 2 is 1.87 bits per heavy atom. The lowest BCUT2D eigenvalue weighted by Gasteiger charge is -2.13. The molecule has 0 saturated heterocycles. The van der Waals surface area contributed by atoms with E-state index in [-0.39, 0.29) is 4.90 Å². The van der Waals surface area contributed by atoms with E-state index in [1.165, 1.54) is 12.1 Å². The number of benzene rings is 2. The van der Waals surface area contributed by atoms with Crippen molar-refractivity contribution >= 4 is 44.6 Å². The first-order chi connectivity index (χ1) is 10.8. The summed E-state index contributed by atoms with van der Waals surface area (Å²) in [6.07, 6.45) is 0. The molecule has 8 heteroatoms. The highest BCUT2D eigenvalue weighted by Gasteiger charge is 2.07. The fourth-order valence-corrected chi connectivity index (χ4v) is 2.74. The number of aryl methyl sites for hydroxylation is 1. The second-order valence-electron chi connectivity index (χ2n) is 4.96. The molecule has 0 spiro atoms. The summed E-state index contributed by atoms with van der Waals surface area (Å²) in [4.78, 5) is 0.0801. The van der Waals surface area contributed by atoms with E-state index >= 15 is 0 Å². The number of primary sulfonamides is 1. The van der Waals surface area contributed by atoms with Crippen molar-refractivity contribution in [3.8, 4) is 0 Å². The Balaban J connectivity index is 1.95. The van der Waals surface area contributed by atoms with Gasteiger partial charge in [-0.15, -0.1) is 0 Å². The molecule has 0 atom stereocenters. The number of nitrogens with one attached hydrogen (secondary N) is 2. The summed E-state index contributed by atoms with van der Waals surface area (Å²) in [7, 11) is -3.67. The highest BCUT2D eigenvalue weighted by molar-refractivity contribution is 7.89. The summed E-state index contributed by atoms with van der Waals surface area (Å²) in [6.45, 7) is 2.41. The second-order valence-corrected chi connectivity index (χ2v) is 7.36. The standard InChI is InChI=1S/C15H16ClN3O2S2/c1-10-2-5-12(16)8-14(10)19-15(22)18-9-11-3-6-13(7-4-11)23(17,20)21/h2-8H,9H2,1H3,(H2,17,20,21)(H2,18,19,22). The van der Waals surface area contributed by atoms with Crippen LogP contribution in [0.25, 0.3) is 0 Å². The lowest BCUT2D eigenvalue weighted by molar-refractivity contribution is 0.597. The molecule has 2 rings (SSSR count). The smallest absolute Gasteiger partial charge is 0.238 e. The van der Waals surface area contributed by atoms with Crippen molar-refractivity contribution in [2.24, 2.45) is 5.14 Å². The minimum absolute atomic E-state index is 0.0801. The Morgan fingerprint density at radius 3 is 2.48 bits per heavy atom. The summed E-state index contributed by atoms with van der Waals surface area (Å²) in [5.74, 6) is 0. The van der Waals surface area contributed by atoms with E-state index in [4.69, 9.17) is 29.0 Å². The normalized spacial score (nSPS) is 11.1. The van der Waals surface area contributed by atoms with Gasteiger partial charge < -0.3 is 10.6 Å². The molecule has 0 heterocycles. The summed E-state index contributed by atoms with van der Waals surface area (Å²) >= 11 is 11.2. The van der Waals surface area contributed by atoms with Gasteiger partial charge in [0.1, 0.15) is 0 Å². The van der Waals surface area contributed by atoms with Crippen LogP contribution >= 0.6 is 23.8 Å². The Kier molecular flexibility index (Phi) is 5.59. The molecule has 0 aliphatic rings. The lowest BCUT2D eigenvalue weighted by Crippen LogP contribution is -2.28. The van der Waals surface area contributed by atoms with Gasteiger partial charge in [0.25, 0.3) is 0 Å². The second kappa shape index (κ2) is 7.27. The number of thiocarbonyl (C=S) groups is 1. The molecule has 5 nitrogen and oxygen atoms in total. The Bertz CT molecular complexity index is 821. The average Bonchev–Trinajstić information content (AvgIpc) is 2.48. The van der Waals surface area contributed by atoms with Gasteiger partial charge in [-0.05, 0) is 54.5 Å². The molecule has 0 fully saturated rings. The van der Waals surface area contributed by atoms with Crippen LogP contribution in [0.4, 0.5) is 5.69 Å². The zero-order valence-electron chi connectivity index (χ0n) is 12.3. The van der Waals surface area contributed by atoms with Crippen LogP contribution in [0.1, 0.15) is 11.1 Å². The fourth-order valence-electron chi connectivity index (χ4n) is 1.87. The van der Waals surface area contributed by atoms with Crippen molar-refractivity contribution in [2.45, 2.75) is 18.4 Å². The zero-order chi connectivity index (χ0) is 17.0. The van der Waals surface area contributed by atoms with Gasteiger partial charge >= 0.3 is 0 Å². The van der Waals surface area contributed by atoms with Crippen LogP contribution in [-0.2, 0) is 16.6 Å².